The topological polar surface area (TPSA) is 41.6 Å². The Bertz CT molecular complexity index is 437. The molecule has 0 aromatic heterocycles. The Labute approximate surface area is 112 Å². The second kappa shape index (κ2) is 6.63. The molecule has 1 aliphatic rings. The first kappa shape index (κ1) is 14.0. The van der Waals surface area contributed by atoms with Crippen molar-refractivity contribution in [3.8, 4) is 0 Å². The molecule has 1 fully saturated rings. The first-order chi connectivity index (χ1) is 9.20. The number of nitrogens with zero attached hydrogens (tertiary/aromatic N) is 1. The van der Waals surface area contributed by atoms with E-state index in [1.165, 1.54) is 12.1 Å². The molecule has 4 nitrogen and oxygen atoms in total. The Morgan fingerprint density at radius 3 is 3.16 bits per heavy atom. The lowest BCUT2D eigenvalue weighted by Gasteiger charge is -2.35. The van der Waals surface area contributed by atoms with Crippen molar-refractivity contribution in [2.45, 2.75) is 12.5 Å². The molecule has 1 atom stereocenters. The van der Waals surface area contributed by atoms with Crippen LogP contribution in [0.25, 0.3) is 0 Å². The number of nitrogens with one attached hydrogen (secondary N) is 1. The van der Waals surface area contributed by atoms with Crippen molar-refractivity contribution in [3.63, 3.8) is 0 Å². The highest BCUT2D eigenvalue weighted by Gasteiger charge is 2.26. The zero-order valence-corrected chi connectivity index (χ0v) is 11.1. The maximum absolute atomic E-state index is 13.1. The molecule has 2 rings (SSSR count). The van der Waals surface area contributed by atoms with Gasteiger partial charge in [0, 0.05) is 13.1 Å². The van der Waals surface area contributed by atoms with Gasteiger partial charge in [-0.25, -0.2) is 4.39 Å². The summed E-state index contributed by atoms with van der Waals surface area (Å²) in [6.07, 6.45) is 0.234. The summed E-state index contributed by atoms with van der Waals surface area (Å²) in [5.74, 6) is -0.284. The maximum Gasteiger partial charge on any atom is 0.227 e. The van der Waals surface area contributed by atoms with Crippen molar-refractivity contribution in [1.82, 2.24) is 10.2 Å². The molecule has 1 amide bonds. The second-order valence-corrected chi connectivity index (χ2v) is 4.68. The fraction of sp³-hybridized carbons (Fsp3) is 0.500. The predicted octanol–water partition coefficient (Wildman–Crippen LogP) is 0.815. The number of carbonyl (C=O) groups is 1. The van der Waals surface area contributed by atoms with Crippen molar-refractivity contribution < 1.29 is 13.9 Å². The Morgan fingerprint density at radius 1 is 1.58 bits per heavy atom. The van der Waals surface area contributed by atoms with Crippen LogP contribution in [0, 0.1) is 5.82 Å². The lowest BCUT2D eigenvalue weighted by molar-refractivity contribution is -0.138. The molecule has 1 saturated heterocycles. The molecule has 1 N–H and O–H groups in total. The van der Waals surface area contributed by atoms with Crippen LogP contribution in [-0.4, -0.2) is 50.2 Å². The Kier molecular flexibility index (Phi) is 4.87. The fourth-order valence-corrected chi connectivity index (χ4v) is 2.31. The van der Waals surface area contributed by atoms with Gasteiger partial charge in [-0.3, -0.25) is 4.79 Å². The van der Waals surface area contributed by atoms with Gasteiger partial charge in [0.15, 0.2) is 0 Å². The minimum atomic E-state index is -0.306. The molecule has 5 heteroatoms. The zero-order valence-electron chi connectivity index (χ0n) is 11.1. The van der Waals surface area contributed by atoms with Crippen LogP contribution in [0.15, 0.2) is 24.3 Å². The van der Waals surface area contributed by atoms with E-state index in [0.717, 1.165) is 0 Å². The zero-order chi connectivity index (χ0) is 13.7. The monoisotopic (exact) mass is 266 g/mol. The number of hydrogen-bond acceptors (Lipinski definition) is 3. The molecule has 0 saturated carbocycles. The molecule has 0 bridgehead atoms. The van der Waals surface area contributed by atoms with Gasteiger partial charge in [0.2, 0.25) is 5.91 Å². The molecule has 0 aliphatic carbocycles. The van der Waals surface area contributed by atoms with Crippen molar-refractivity contribution in [1.29, 1.82) is 0 Å². The summed E-state index contributed by atoms with van der Waals surface area (Å²) in [6.45, 7) is 2.42. The van der Waals surface area contributed by atoms with Crippen LogP contribution in [-0.2, 0) is 16.0 Å². The van der Waals surface area contributed by atoms with E-state index in [2.05, 4.69) is 5.32 Å². The second-order valence-electron chi connectivity index (χ2n) is 4.68. The Morgan fingerprint density at radius 2 is 2.42 bits per heavy atom. The van der Waals surface area contributed by atoms with Gasteiger partial charge in [-0.2, -0.15) is 0 Å². The van der Waals surface area contributed by atoms with Crippen LogP contribution < -0.4 is 5.32 Å². The van der Waals surface area contributed by atoms with Crippen LogP contribution in [0.3, 0.4) is 0 Å². The number of likely N-dealkylation sites (N-methyl/N-ethyl adjacent to an activating group) is 1. The van der Waals surface area contributed by atoms with Gasteiger partial charge in [-0.15, -0.1) is 0 Å². The molecule has 104 valence electrons. The standard InChI is InChI=1S/C14H19FN2O2/c1-16-9-13-10-19-6-5-17(13)14(18)8-11-3-2-4-12(15)7-11/h2-4,7,13,16H,5-6,8-10H2,1H3. The number of morpholine rings is 1. The van der Waals surface area contributed by atoms with E-state index in [1.807, 2.05) is 11.9 Å². The molecule has 19 heavy (non-hydrogen) atoms. The van der Waals surface area contributed by atoms with Crippen molar-refractivity contribution in [3.05, 3.63) is 35.6 Å². The summed E-state index contributed by atoms with van der Waals surface area (Å²) in [7, 11) is 1.85. The third-order valence-corrected chi connectivity index (χ3v) is 3.23. The lowest BCUT2D eigenvalue weighted by Crippen LogP contribution is -2.52. The third kappa shape index (κ3) is 3.75. The van der Waals surface area contributed by atoms with Crippen molar-refractivity contribution in [2.24, 2.45) is 0 Å². The number of ether oxygens (including phenoxy) is 1. The molecular formula is C14H19FN2O2. The van der Waals surface area contributed by atoms with Gasteiger partial charge in [-0.05, 0) is 24.7 Å². The Hall–Kier alpha value is -1.46. The van der Waals surface area contributed by atoms with Crippen LogP contribution in [0.1, 0.15) is 5.56 Å². The molecular weight excluding hydrogens is 247 g/mol. The first-order valence-electron chi connectivity index (χ1n) is 6.47. The minimum absolute atomic E-state index is 0.0224. The summed E-state index contributed by atoms with van der Waals surface area (Å²) in [6, 6.07) is 6.24. The average Bonchev–Trinajstić information content (AvgIpc) is 2.39. The van der Waals surface area contributed by atoms with Crippen LogP contribution >= 0.6 is 0 Å². The maximum atomic E-state index is 13.1. The van der Waals surface area contributed by atoms with E-state index in [9.17, 15) is 9.18 Å². The van der Waals surface area contributed by atoms with Gasteiger partial charge in [0.1, 0.15) is 5.82 Å². The summed E-state index contributed by atoms with van der Waals surface area (Å²) >= 11 is 0. The third-order valence-electron chi connectivity index (χ3n) is 3.23. The number of halogens is 1. The molecule has 1 heterocycles. The van der Waals surface area contributed by atoms with E-state index >= 15 is 0 Å². The highest BCUT2D eigenvalue weighted by atomic mass is 19.1. The number of carbonyl (C=O) groups excluding carboxylic acids is 1. The van der Waals surface area contributed by atoms with Gasteiger partial charge < -0.3 is 15.0 Å². The Balaban J connectivity index is 2.01. The molecule has 1 aliphatic heterocycles. The fourth-order valence-electron chi connectivity index (χ4n) is 2.31. The number of amides is 1. The van der Waals surface area contributed by atoms with Crippen LogP contribution in [0.2, 0.25) is 0 Å². The predicted molar refractivity (Wildman–Crippen MR) is 70.4 cm³/mol. The average molecular weight is 266 g/mol. The molecule has 0 radical (unpaired) electrons. The van der Waals surface area contributed by atoms with Crippen molar-refractivity contribution >= 4 is 5.91 Å². The van der Waals surface area contributed by atoms with E-state index < -0.39 is 0 Å². The number of rotatable bonds is 4. The van der Waals surface area contributed by atoms with Crippen LogP contribution in [0.4, 0.5) is 4.39 Å². The number of benzene rings is 1. The lowest BCUT2D eigenvalue weighted by atomic mass is 10.1. The highest BCUT2D eigenvalue weighted by Crippen LogP contribution is 2.11. The van der Waals surface area contributed by atoms with E-state index in [1.54, 1.807) is 12.1 Å². The van der Waals surface area contributed by atoms with Gasteiger partial charge >= 0.3 is 0 Å². The van der Waals surface area contributed by atoms with Crippen LogP contribution in [0.5, 0.6) is 0 Å². The largest absolute Gasteiger partial charge is 0.377 e. The molecule has 0 spiro atoms. The SMILES string of the molecule is CNCC1COCCN1C(=O)Cc1cccc(F)c1. The molecule has 1 unspecified atom stereocenters. The molecule has 1 aromatic rings. The normalized spacial score (nSPS) is 19.5. The smallest absolute Gasteiger partial charge is 0.227 e. The quantitative estimate of drug-likeness (QED) is 0.877. The van der Waals surface area contributed by atoms with Gasteiger partial charge in [0.25, 0.3) is 0 Å². The van der Waals surface area contributed by atoms with E-state index in [4.69, 9.17) is 4.74 Å². The van der Waals surface area contributed by atoms with E-state index in [-0.39, 0.29) is 24.2 Å². The first-order valence-corrected chi connectivity index (χ1v) is 6.47. The highest BCUT2D eigenvalue weighted by molar-refractivity contribution is 5.79. The minimum Gasteiger partial charge on any atom is -0.377 e. The summed E-state index contributed by atoms with van der Waals surface area (Å²) in [4.78, 5) is 14.1. The molecule has 1 aromatic carbocycles. The summed E-state index contributed by atoms with van der Waals surface area (Å²) in [5.41, 5.74) is 0.708. The van der Waals surface area contributed by atoms with Gasteiger partial charge in [0.05, 0.1) is 25.7 Å². The van der Waals surface area contributed by atoms with E-state index in [0.29, 0.717) is 31.9 Å². The van der Waals surface area contributed by atoms with Gasteiger partial charge in [-0.1, -0.05) is 12.1 Å². The summed E-state index contributed by atoms with van der Waals surface area (Å²) < 4.78 is 18.5. The summed E-state index contributed by atoms with van der Waals surface area (Å²) in [5, 5.41) is 3.06. The van der Waals surface area contributed by atoms with Crippen molar-refractivity contribution in [2.75, 3.05) is 33.4 Å². The number of hydrogen-bond donors (Lipinski definition) is 1.